The van der Waals surface area contributed by atoms with Gasteiger partial charge < -0.3 is 15.2 Å². The zero-order valence-electron chi connectivity index (χ0n) is 13.1. The molecule has 2 N–H and O–H groups in total. The highest BCUT2D eigenvalue weighted by atomic mass is 127. The summed E-state index contributed by atoms with van der Waals surface area (Å²) < 4.78 is 4.09. The maximum absolute atomic E-state index is 4.24. The van der Waals surface area contributed by atoms with Crippen molar-refractivity contribution in [1.82, 2.24) is 25.0 Å². The van der Waals surface area contributed by atoms with Gasteiger partial charge in [0, 0.05) is 58.0 Å². The van der Waals surface area contributed by atoms with E-state index in [0.717, 1.165) is 32.1 Å². The van der Waals surface area contributed by atoms with Crippen molar-refractivity contribution in [2.24, 2.45) is 10.9 Å². The van der Waals surface area contributed by atoms with Gasteiger partial charge in [0.1, 0.15) is 0 Å². The van der Waals surface area contributed by atoms with E-state index in [0.29, 0.717) is 5.92 Å². The van der Waals surface area contributed by atoms with Crippen molar-refractivity contribution in [2.45, 2.75) is 20.0 Å². The fraction of sp³-hybridized carbons (Fsp3) is 0.467. The molecule has 122 valence electrons. The first-order valence-electron chi connectivity index (χ1n) is 7.30. The molecule has 2 rings (SSSR count). The number of aromatic nitrogens is 3. The van der Waals surface area contributed by atoms with Crippen LogP contribution in [0.25, 0.3) is 0 Å². The van der Waals surface area contributed by atoms with Crippen molar-refractivity contribution in [3.05, 3.63) is 43.0 Å². The molecule has 2 heterocycles. The van der Waals surface area contributed by atoms with E-state index in [-0.39, 0.29) is 24.0 Å². The number of halogens is 1. The van der Waals surface area contributed by atoms with Gasteiger partial charge in [-0.25, -0.2) is 0 Å². The number of aliphatic imine (C=N–C) groups is 1. The van der Waals surface area contributed by atoms with Crippen LogP contribution in [-0.4, -0.2) is 40.4 Å². The Labute approximate surface area is 149 Å². The highest BCUT2D eigenvalue weighted by Crippen LogP contribution is 1.97. The Morgan fingerprint density at radius 2 is 1.95 bits per heavy atom. The fourth-order valence-corrected chi connectivity index (χ4v) is 2.11. The first kappa shape index (κ1) is 18.5. The Morgan fingerprint density at radius 3 is 2.59 bits per heavy atom. The van der Waals surface area contributed by atoms with Crippen LogP contribution in [0.3, 0.4) is 0 Å². The minimum Gasteiger partial charge on any atom is -0.356 e. The molecular weight excluding hydrogens is 391 g/mol. The molecular formula is C15H25IN6. The smallest absolute Gasteiger partial charge is 0.191 e. The largest absolute Gasteiger partial charge is 0.356 e. The van der Waals surface area contributed by atoms with Crippen LogP contribution in [0.15, 0.2) is 48.0 Å². The van der Waals surface area contributed by atoms with Gasteiger partial charge in [-0.3, -0.25) is 9.67 Å². The number of nitrogens with one attached hydrogen (secondary N) is 2. The summed E-state index contributed by atoms with van der Waals surface area (Å²) in [6.45, 7) is 5.74. The number of hydrogen-bond donors (Lipinski definition) is 2. The molecule has 6 nitrogen and oxygen atoms in total. The van der Waals surface area contributed by atoms with Gasteiger partial charge in [-0.2, -0.15) is 5.10 Å². The highest BCUT2D eigenvalue weighted by Gasteiger charge is 2.05. The second kappa shape index (κ2) is 10.3. The van der Waals surface area contributed by atoms with E-state index in [1.54, 1.807) is 7.05 Å². The molecule has 0 bridgehead atoms. The molecule has 0 aliphatic carbocycles. The minimum atomic E-state index is 0. The van der Waals surface area contributed by atoms with Gasteiger partial charge in [0.05, 0.1) is 0 Å². The zero-order valence-corrected chi connectivity index (χ0v) is 15.5. The fourth-order valence-electron chi connectivity index (χ4n) is 2.11. The van der Waals surface area contributed by atoms with Crippen LogP contribution in [0.2, 0.25) is 0 Å². The SMILES string of the molecule is CN=C(NCCn1cccc1)NCC(C)Cn1cccn1.I. The number of nitrogens with zero attached hydrogens (tertiary/aromatic N) is 4. The molecule has 0 spiro atoms. The van der Waals surface area contributed by atoms with Crippen molar-refractivity contribution in [3.8, 4) is 0 Å². The van der Waals surface area contributed by atoms with Crippen LogP contribution in [0, 0.1) is 5.92 Å². The van der Waals surface area contributed by atoms with E-state index in [2.05, 4.69) is 44.6 Å². The summed E-state index contributed by atoms with van der Waals surface area (Å²) in [4.78, 5) is 4.24. The Balaban J connectivity index is 0.00000242. The van der Waals surface area contributed by atoms with Gasteiger partial charge in [0.2, 0.25) is 0 Å². The van der Waals surface area contributed by atoms with Gasteiger partial charge >= 0.3 is 0 Å². The number of hydrogen-bond acceptors (Lipinski definition) is 2. The molecule has 0 radical (unpaired) electrons. The monoisotopic (exact) mass is 416 g/mol. The lowest BCUT2D eigenvalue weighted by Gasteiger charge is -2.16. The molecule has 1 atom stereocenters. The third-order valence-corrected chi connectivity index (χ3v) is 3.23. The molecule has 22 heavy (non-hydrogen) atoms. The van der Waals surface area contributed by atoms with Gasteiger partial charge in [-0.05, 0) is 24.1 Å². The van der Waals surface area contributed by atoms with Crippen LogP contribution in [0.4, 0.5) is 0 Å². The lowest BCUT2D eigenvalue weighted by atomic mass is 10.2. The molecule has 2 aromatic rings. The Hall–Kier alpha value is -1.51. The van der Waals surface area contributed by atoms with Crippen molar-refractivity contribution in [2.75, 3.05) is 20.1 Å². The molecule has 7 heteroatoms. The van der Waals surface area contributed by atoms with E-state index in [1.807, 2.05) is 35.3 Å². The van der Waals surface area contributed by atoms with E-state index < -0.39 is 0 Å². The maximum atomic E-state index is 4.24. The molecule has 0 aromatic carbocycles. The van der Waals surface area contributed by atoms with Crippen molar-refractivity contribution in [1.29, 1.82) is 0 Å². The maximum Gasteiger partial charge on any atom is 0.191 e. The van der Waals surface area contributed by atoms with E-state index in [1.165, 1.54) is 0 Å². The first-order chi connectivity index (χ1) is 10.3. The average Bonchev–Trinajstić information content (AvgIpc) is 3.16. The predicted octanol–water partition coefficient (Wildman–Crippen LogP) is 1.80. The standard InChI is InChI=1S/C15H24N6.HI/c1-14(13-21-10-5-6-19-21)12-18-15(16-2)17-7-11-20-8-3-4-9-20;/h3-6,8-10,14H,7,11-13H2,1-2H3,(H2,16,17,18);1H. The summed E-state index contributed by atoms with van der Waals surface area (Å²) in [7, 11) is 1.79. The topological polar surface area (TPSA) is 59.2 Å². The minimum absolute atomic E-state index is 0. The Kier molecular flexibility index (Phi) is 8.64. The van der Waals surface area contributed by atoms with Crippen LogP contribution in [0.1, 0.15) is 6.92 Å². The van der Waals surface area contributed by atoms with Crippen molar-refractivity contribution >= 4 is 29.9 Å². The van der Waals surface area contributed by atoms with Gasteiger partial charge in [0.15, 0.2) is 5.96 Å². The van der Waals surface area contributed by atoms with Crippen LogP contribution in [-0.2, 0) is 13.1 Å². The third kappa shape index (κ3) is 6.50. The van der Waals surface area contributed by atoms with Crippen LogP contribution in [0.5, 0.6) is 0 Å². The lowest BCUT2D eigenvalue weighted by molar-refractivity contribution is 0.443. The molecule has 1 unspecified atom stereocenters. The van der Waals surface area contributed by atoms with E-state index in [4.69, 9.17) is 0 Å². The van der Waals surface area contributed by atoms with Crippen LogP contribution >= 0.6 is 24.0 Å². The molecule has 0 saturated heterocycles. The lowest BCUT2D eigenvalue weighted by Crippen LogP contribution is -2.41. The summed E-state index contributed by atoms with van der Waals surface area (Å²) in [5.74, 6) is 1.32. The summed E-state index contributed by atoms with van der Waals surface area (Å²) in [5.41, 5.74) is 0. The average molecular weight is 416 g/mol. The molecule has 0 saturated carbocycles. The summed E-state index contributed by atoms with van der Waals surface area (Å²) in [6, 6.07) is 6.01. The predicted molar refractivity (Wildman–Crippen MR) is 101 cm³/mol. The Bertz CT molecular complexity index is 520. The number of rotatable bonds is 7. The second-order valence-corrected chi connectivity index (χ2v) is 5.13. The Morgan fingerprint density at radius 1 is 1.18 bits per heavy atom. The molecule has 0 fully saturated rings. The molecule has 0 amide bonds. The summed E-state index contributed by atoms with van der Waals surface area (Å²) in [5, 5.41) is 10.9. The van der Waals surface area contributed by atoms with Gasteiger partial charge in [0.25, 0.3) is 0 Å². The van der Waals surface area contributed by atoms with E-state index in [9.17, 15) is 0 Å². The second-order valence-electron chi connectivity index (χ2n) is 5.13. The first-order valence-corrected chi connectivity index (χ1v) is 7.30. The summed E-state index contributed by atoms with van der Waals surface area (Å²) in [6.07, 6.45) is 7.91. The normalized spacial score (nSPS) is 12.5. The van der Waals surface area contributed by atoms with Crippen molar-refractivity contribution in [3.63, 3.8) is 0 Å². The van der Waals surface area contributed by atoms with E-state index >= 15 is 0 Å². The highest BCUT2D eigenvalue weighted by molar-refractivity contribution is 14.0. The summed E-state index contributed by atoms with van der Waals surface area (Å²) >= 11 is 0. The molecule has 0 aliphatic heterocycles. The molecule has 2 aromatic heterocycles. The van der Waals surface area contributed by atoms with Gasteiger partial charge in [-0.1, -0.05) is 6.92 Å². The quantitative estimate of drug-likeness (QED) is 0.411. The van der Waals surface area contributed by atoms with Crippen LogP contribution < -0.4 is 10.6 Å². The van der Waals surface area contributed by atoms with Gasteiger partial charge in [-0.15, -0.1) is 24.0 Å². The van der Waals surface area contributed by atoms with Crippen molar-refractivity contribution < 1.29 is 0 Å². The zero-order chi connectivity index (χ0) is 14.9. The molecule has 0 aliphatic rings. The number of guanidine groups is 1. The third-order valence-electron chi connectivity index (χ3n) is 3.23.